The lowest BCUT2D eigenvalue weighted by atomic mass is 10.1. The van der Waals surface area contributed by atoms with Crippen molar-refractivity contribution in [3.05, 3.63) is 39.9 Å². The minimum absolute atomic E-state index is 0.0153. The molecule has 0 aliphatic carbocycles. The first-order valence-corrected chi connectivity index (χ1v) is 9.78. The van der Waals surface area contributed by atoms with Crippen LogP contribution in [0.1, 0.15) is 38.9 Å². The first kappa shape index (κ1) is 17.3. The third-order valence-electron chi connectivity index (χ3n) is 3.97. The summed E-state index contributed by atoms with van der Waals surface area (Å²) in [6.07, 6.45) is -0.232. The van der Waals surface area contributed by atoms with Crippen LogP contribution in [0.15, 0.2) is 24.3 Å². The molecule has 0 saturated heterocycles. The van der Waals surface area contributed by atoms with E-state index < -0.39 is 19.3 Å². The number of hydrogen-bond donors (Lipinski definition) is 0. The lowest BCUT2D eigenvalue weighted by Crippen LogP contribution is -2.41. The van der Waals surface area contributed by atoms with E-state index in [1.807, 2.05) is 0 Å². The van der Waals surface area contributed by atoms with Crippen molar-refractivity contribution in [2.45, 2.75) is 51.4 Å². The molecule has 1 aromatic carbocycles. The fourth-order valence-corrected chi connectivity index (χ4v) is 2.97. The zero-order valence-corrected chi connectivity index (χ0v) is 14.2. The van der Waals surface area contributed by atoms with E-state index in [-0.39, 0.29) is 17.1 Å². The van der Waals surface area contributed by atoms with Gasteiger partial charge < -0.3 is 4.43 Å². The second kappa shape index (κ2) is 6.37. The maximum atomic E-state index is 10.9. The summed E-state index contributed by atoms with van der Waals surface area (Å²) in [7, 11) is -2.05. The third-order valence-corrected chi connectivity index (χ3v) is 8.46. The Morgan fingerprint density at radius 2 is 2.05 bits per heavy atom. The molecular formula is C15H22N2O3Si. The quantitative estimate of drug-likeness (QED) is 0.453. The summed E-state index contributed by atoms with van der Waals surface area (Å²) in [5.74, 6) is 0. The Hall–Kier alpha value is -1.71. The molecule has 0 bridgehead atoms. The molecule has 6 heteroatoms. The Bertz CT molecular complexity index is 559. The van der Waals surface area contributed by atoms with Crippen molar-refractivity contribution < 1.29 is 9.35 Å². The van der Waals surface area contributed by atoms with Crippen molar-refractivity contribution >= 4 is 14.0 Å². The van der Waals surface area contributed by atoms with Crippen LogP contribution in [0.4, 0.5) is 5.69 Å². The molecule has 21 heavy (non-hydrogen) atoms. The smallest absolute Gasteiger partial charge is 0.269 e. The van der Waals surface area contributed by atoms with Crippen molar-refractivity contribution in [2.24, 2.45) is 0 Å². The summed E-state index contributed by atoms with van der Waals surface area (Å²) in [6.45, 7) is 10.6. The Labute approximate surface area is 126 Å². The van der Waals surface area contributed by atoms with Crippen molar-refractivity contribution in [1.82, 2.24) is 0 Å². The molecule has 1 atom stereocenters. The Balaban J connectivity index is 3.11. The number of non-ortho nitro benzene ring substituents is 1. The number of benzene rings is 1. The van der Waals surface area contributed by atoms with Crippen LogP contribution >= 0.6 is 0 Å². The number of nitrogens with zero attached hydrogens (tertiary/aromatic N) is 2. The van der Waals surface area contributed by atoms with Gasteiger partial charge in [-0.3, -0.25) is 10.1 Å². The Morgan fingerprint density at radius 3 is 2.52 bits per heavy atom. The normalized spacial score (nSPS) is 13.5. The Kier molecular flexibility index (Phi) is 5.26. The molecule has 0 saturated carbocycles. The molecule has 0 radical (unpaired) electrons. The van der Waals surface area contributed by atoms with Gasteiger partial charge in [0.15, 0.2) is 8.32 Å². The molecule has 1 aromatic rings. The summed E-state index contributed by atoms with van der Waals surface area (Å²) in [5, 5.41) is 19.9. The van der Waals surface area contributed by atoms with Crippen LogP contribution in [-0.4, -0.2) is 13.2 Å². The van der Waals surface area contributed by atoms with Crippen LogP contribution in [0.5, 0.6) is 0 Å². The Morgan fingerprint density at radius 1 is 1.43 bits per heavy atom. The lowest BCUT2D eigenvalue weighted by molar-refractivity contribution is -0.385. The van der Waals surface area contributed by atoms with Crippen molar-refractivity contribution in [3.8, 4) is 6.07 Å². The van der Waals surface area contributed by atoms with Crippen LogP contribution in [0.25, 0.3) is 0 Å². The molecule has 0 fully saturated rings. The monoisotopic (exact) mass is 306 g/mol. The zero-order valence-electron chi connectivity index (χ0n) is 13.2. The van der Waals surface area contributed by atoms with Crippen LogP contribution in [0.3, 0.4) is 0 Å². The highest BCUT2D eigenvalue weighted by Crippen LogP contribution is 2.40. The molecule has 0 heterocycles. The standard InChI is InChI=1S/C15H22N2O3Si/c1-15(2,3)21(4,5)20-14(9-10-16)12-7-6-8-13(11-12)17(18)19/h6-8,11,14H,9H2,1-5H3. The minimum Gasteiger partial charge on any atom is -0.409 e. The molecular weight excluding hydrogens is 284 g/mol. The molecule has 0 aliphatic heterocycles. The maximum absolute atomic E-state index is 10.9. The van der Waals surface area contributed by atoms with Gasteiger partial charge in [-0.25, -0.2) is 0 Å². The third kappa shape index (κ3) is 4.38. The van der Waals surface area contributed by atoms with Gasteiger partial charge >= 0.3 is 0 Å². The summed E-state index contributed by atoms with van der Waals surface area (Å²) >= 11 is 0. The van der Waals surface area contributed by atoms with E-state index in [1.165, 1.54) is 12.1 Å². The molecule has 0 amide bonds. The molecule has 0 spiro atoms. The van der Waals surface area contributed by atoms with E-state index in [4.69, 9.17) is 9.69 Å². The van der Waals surface area contributed by atoms with E-state index in [0.717, 1.165) is 0 Å². The lowest BCUT2D eigenvalue weighted by Gasteiger charge is -2.39. The number of rotatable bonds is 5. The van der Waals surface area contributed by atoms with Crippen LogP contribution in [0.2, 0.25) is 18.1 Å². The van der Waals surface area contributed by atoms with Gasteiger partial charge in [0.2, 0.25) is 0 Å². The predicted octanol–water partition coefficient (Wildman–Crippen LogP) is 4.57. The maximum Gasteiger partial charge on any atom is 0.269 e. The number of hydrogen-bond acceptors (Lipinski definition) is 4. The van der Waals surface area contributed by atoms with Crippen molar-refractivity contribution in [1.29, 1.82) is 5.26 Å². The molecule has 1 rings (SSSR count). The molecule has 5 nitrogen and oxygen atoms in total. The first-order valence-electron chi connectivity index (χ1n) is 6.87. The minimum atomic E-state index is -2.05. The van der Waals surface area contributed by atoms with Gasteiger partial charge in [-0.2, -0.15) is 5.26 Å². The van der Waals surface area contributed by atoms with Crippen LogP contribution in [0, 0.1) is 21.4 Å². The topological polar surface area (TPSA) is 76.2 Å². The second-order valence-corrected chi connectivity index (χ2v) is 11.3. The summed E-state index contributed by atoms with van der Waals surface area (Å²) in [5.41, 5.74) is 0.713. The van der Waals surface area contributed by atoms with Gasteiger partial charge in [-0.05, 0) is 23.7 Å². The van der Waals surface area contributed by atoms with E-state index in [0.29, 0.717) is 5.56 Å². The van der Waals surface area contributed by atoms with Crippen molar-refractivity contribution in [3.63, 3.8) is 0 Å². The second-order valence-electron chi connectivity index (χ2n) is 6.58. The SMILES string of the molecule is CC(C)(C)[Si](C)(C)OC(CC#N)c1cccc([N+](=O)[O-])c1. The predicted molar refractivity (Wildman–Crippen MR) is 84.3 cm³/mol. The fraction of sp³-hybridized carbons (Fsp3) is 0.533. The van der Waals surface area contributed by atoms with E-state index in [9.17, 15) is 10.1 Å². The van der Waals surface area contributed by atoms with Gasteiger partial charge in [0, 0.05) is 12.1 Å². The van der Waals surface area contributed by atoms with Gasteiger partial charge in [0.1, 0.15) is 0 Å². The van der Waals surface area contributed by atoms with Gasteiger partial charge in [0.25, 0.3) is 5.69 Å². The molecule has 114 valence electrons. The van der Waals surface area contributed by atoms with Crippen LogP contribution in [-0.2, 0) is 4.43 Å². The van der Waals surface area contributed by atoms with Crippen molar-refractivity contribution in [2.75, 3.05) is 0 Å². The van der Waals surface area contributed by atoms with Crippen LogP contribution < -0.4 is 0 Å². The van der Waals surface area contributed by atoms with E-state index in [2.05, 4.69) is 39.9 Å². The average Bonchev–Trinajstić information content (AvgIpc) is 2.37. The van der Waals surface area contributed by atoms with Gasteiger partial charge in [-0.15, -0.1) is 0 Å². The first-order chi connectivity index (χ1) is 9.58. The molecule has 0 aromatic heterocycles. The highest BCUT2D eigenvalue weighted by atomic mass is 28.4. The average molecular weight is 306 g/mol. The van der Waals surface area contributed by atoms with E-state index in [1.54, 1.807) is 12.1 Å². The summed E-state index contributed by atoms with van der Waals surface area (Å²) in [6, 6.07) is 8.47. The molecule has 0 N–H and O–H groups in total. The number of nitro groups is 1. The highest BCUT2D eigenvalue weighted by Gasteiger charge is 2.39. The number of nitro benzene ring substituents is 1. The summed E-state index contributed by atoms with van der Waals surface area (Å²) in [4.78, 5) is 10.5. The van der Waals surface area contributed by atoms with Gasteiger partial charge in [-0.1, -0.05) is 32.9 Å². The fourth-order valence-electron chi connectivity index (χ4n) is 1.68. The summed E-state index contributed by atoms with van der Waals surface area (Å²) < 4.78 is 6.26. The molecule has 1 unspecified atom stereocenters. The van der Waals surface area contributed by atoms with E-state index >= 15 is 0 Å². The molecule has 0 aliphatic rings. The highest BCUT2D eigenvalue weighted by molar-refractivity contribution is 6.74. The zero-order chi connectivity index (χ0) is 16.3. The largest absolute Gasteiger partial charge is 0.409 e. The number of nitriles is 1. The van der Waals surface area contributed by atoms with Gasteiger partial charge in [0.05, 0.1) is 23.5 Å².